The fourth-order valence-corrected chi connectivity index (χ4v) is 2.52. The molecule has 25 heavy (non-hydrogen) atoms. The van der Waals surface area contributed by atoms with Gasteiger partial charge < -0.3 is 4.42 Å². The van der Waals surface area contributed by atoms with Crippen molar-refractivity contribution in [3.05, 3.63) is 75.4 Å². The largest absolute Gasteiger partial charge is 0.419 e. The molecule has 0 atom stereocenters. The van der Waals surface area contributed by atoms with E-state index in [1.807, 2.05) is 42.5 Å². The average molecular weight is 399 g/mol. The summed E-state index contributed by atoms with van der Waals surface area (Å²) in [5.74, 6) is 0.658. The van der Waals surface area contributed by atoms with Crippen molar-refractivity contribution in [1.82, 2.24) is 30.0 Å². The topological polar surface area (TPSA) is 91.6 Å². The van der Waals surface area contributed by atoms with Crippen LogP contribution >= 0.6 is 15.9 Å². The van der Waals surface area contributed by atoms with Gasteiger partial charge in [0.25, 0.3) is 0 Å². The molecule has 2 aromatic carbocycles. The molecule has 4 rings (SSSR count). The standard InChI is InChI=1S/C16H11BrN6O2/c17-12-8-6-11(7-9-12)15-19-18-14(25-15)10-22-16(24)23(21-20-22)13-4-2-1-3-5-13/h1-9H,10H2. The van der Waals surface area contributed by atoms with E-state index in [4.69, 9.17) is 4.42 Å². The molecule has 124 valence electrons. The Labute approximate surface area is 149 Å². The van der Waals surface area contributed by atoms with E-state index < -0.39 is 0 Å². The van der Waals surface area contributed by atoms with Gasteiger partial charge in [0, 0.05) is 10.0 Å². The lowest BCUT2D eigenvalue weighted by Crippen LogP contribution is -2.24. The maximum absolute atomic E-state index is 12.4. The van der Waals surface area contributed by atoms with Crippen LogP contribution in [0.4, 0.5) is 0 Å². The Bertz CT molecular complexity index is 1050. The quantitative estimate of drug-likeness (QED) is 0.523. The summed E-state index contributed by atoms with van der Waals surface area (Å²) >= 11 is 3.37. The van der Waals surface area contributed by atoms with Gasteiger partial charge in [0.15, 0.2) is 0 Å². The number of hydrogen-bond acceptors (Lipinski definition) is 6. The first-order valence-electron chi connectivity index (χ1n) is 7.37. The average Bonchev–Trinajstić information content (AvgIpc) is 3.24. The highest BCUT2D eigenvalue weighted by molar-refractivity contribution is 9.10. The van der Waals surface area contributed by atoms with E-state index in [2.05, 4.69) is 36.6 Å². The van der Waals surface area contributed by atoms with Crippen molar-refractivity contribution in [2.75, 3.05) is 0 Å². The van der Waals surface area contributed by atoms with E-state index >= 15 is 0 Å². The Balaban J connectivity index is 1.59. The summed E-state index contributed by atoms with van der Waals surface area (Å²) in [5, 5.41) is 15.7. The van der Waals surface area contributed by atoms with Gasteiger partial charge in [-0.05, 0) is 46.8 Å². The SMILES string of the molecule is O=c1n(Cc2nnc(-c3ccc(Br)cc3)o2)nnn1-c1ccccc1. The first kappa shape index (κ1) is 15.5. The number of hydrogen-bond donors (Lipinski definition) is 0. The molecule has 0 unspecified atom stereocenters. The molecular weight excluding hydrogens is 388 g/mol. The van der Waals surface area contributed by atoms with Gasteiger partial charge in [-0.15, -0.1) is 10.2 Å². The lowest BCUT2D eigenvalue weighted by Gasteiger charge is -1.96. The molecule has 8 nitrogen and oxygen atoms in total. The predicted octanol–water partition coefficient (Wildman–Crippen LogP) is 2.29. The summed E-state index contributed by atoms with van der Waals surface area (Å²) < 4.78 is 8.95. The van der Waals surface area contributed by atoms with Gasteiger partial charge in [-0.2, -0.15) is 9.36 Å². The van der Waals surface area contributed by atoms with Crippen LogP contribution in [0.15, 0.2) is 68.3 Å². The molecule has 0 amide bonds. The van der Waals surface area contributed by atoms with Crippen molar-refractivity contribution >= 4 is 15.9 Å². The predicted molar refractivity (Wildman–Crippen MR) is 92.2 cm³/mol. The Morgan fingerprint density at radius 1 is 0.960 bits per heavy atom. The molecule has 0 radical (unpaired) electrons. The molecule has 0 saturated heterocycles. The molecule has 0 saturated carbocycles. The van der Waals surface area contributed by atoms with E-state index in [1.165, 1.54) is 9.36 Å². The van der Waals surface area contributed by atoms with Crippen molar-refractivity contribution in [3.63, 3.8) is 0 Å². The number of benzene rings is 2. The van der Waals surface area contributed by atoms with Gasteiger partial charge >= 0.3 is 5.69 Å². The molecule has 0 aliphatic heterocycles. The van der Waals surface area contributed by atoms with Crippen LogP contribution in [0.25, 0.3) is 17.1 Å². The van der Waals surface area contributed by atoms with Gasteiger partial charge in [-0.25, -0.2) is 4.79 Å². The zero-order valence-corrected chi connectivity index (χ0v) is 14.4. The highest BCUT2D eigenvalue weighted by Gasteiger charge is 2.13. The van der Waals surface area contributed by atoms with Crippen LogP contribution in [0.5, 0.6) is 0 Å². The fourth-order valence-electron chi connectivity index (χ4n) is 2.26. The molecule has 0 fully saturated rings. The first-order chi connectivity index (χ1) is 12.2. The maximum Gasteiger partial charge on any atom is 0.368 e. The van der Waals surface area contributed by atoms with Gasteiger partial charge in [-0.1, -0.05) is 34.1 Å². The Morgan fingerprint density at radius 2 is 1.72 bits per heavy atom. The Kier molecular flexibility index (Phi) is 3.98. The van der Waals surface area contributed by atoms with E-state index in [1.54, 1.807) is 12.1 Å². The van der Waals surface area contributed by atoms with E-state index in [9.17, 15) is 4.79 Å². The number of aromatic nitrogens is 6. The van der Waals surface area contributed by atoms with Crippen LogP contribution in [-0.2, 0) is 6.54 Å². The lowest BCUT2D eigenvalue weighted by atomic mass is 10.2. The maximum atomic E-state index is 12.4. The van der Waals surface area contributed by atoms with Crippen LogP contribution in [0.3, 0.4) is 0 Å². The molecule has 0 N–H and O–H groups in total. The van der Waals surface area contributed by atoms with E-state index in [0.717, 1.165) is 10.0 Å². The third-order valence-electron chi connectivity index (χ3n) is 3.48. The number of rotatable bonds is 4. The summed E-state index contributed by atoms with van der Waals surface area (Å²) in [5.41, 5.74) is 1.05. The minimum atomic E-state index is -0.380. The van der Waals surface area contributed by atoms with Gasteiger partial charge in [0.2, 0.25) is 11.8 Å². The number of tetrazole rings is 1. The highest BCUT2D eigenvalue weighted by atomic mass is 79.9. The van der Waals surface area contributed by atoms with Crippen LogP contribution in [0, 0.1) is 0 Å². The molecule has 9 heteroatoms. The van der Waals surface area contributed by atoms with E-state index in [0.29, 0.717) is 11.6 Å². The van der Waals surface area contributed by atoms with Crippen LogP contribution in [0.1, 0.15) is 5.89 Å². The summed E-state index contributed by atoms with van der Waals surface area (Å²) in [6.45, 7) is 0.0508. The van der Waals surface area contributed by atoms with Crippen molar-refractivity contribution in [2.24, 2.45) is 0 Å². The normalized spacial score (nSPS) is 10.9. The van der Waals surface area contributed by atoms with Crippen molar-refractivity contribution in [1.29, 1.82) is 0 Å². The zero-order chi connectivity index (χ0) is 17.2. The second-order valence-corrected chi connectivity index (χ2v) is 6.09. The summed E-state index contributed by atoms with van der Waals surface area (Å²) in [4.78, 5) is 12.4. The van der Waals surface area contributed by atoms with Crippen molar-refractivity contribution in [3.8, 4) is 17.1 Å². The molecule has 0 aliphatic carbocycles. The molecular formula is C16H11BrN6O2. The molecule has 2 aromatic heterocycles. The molecule has 0 bridgehead atoms. The number of nitrogens with zero attached hydrogens (tertiary/aromatic N) is 6. The summed E-state index contributed by atoms with van der Waals surface area (Å²) in [7, 11) is 0. The fraction of sp³-hybridized carbons (Fsp3) is 0.0625. The van der Waals surface area contributed by atoms with Crippen molar-refractivity contribution in [2.45, 2.75) is 6.54 Å². The Hall–Kier alpha value is -3.07. The molecule has 0 spiro atoms. The second kappa shape index (κ2) is 6.44. The first-order valence-corrected chi connectivity index (χ1v) is 8.16. The summed E-state index contributed by atoms with van der Waals surface area (Å²) in [6, 6.07) is 16.5. The minimum Gasteiger partial charge on any atom is -0.419 e. The molecule has 0 aliphatic rings. The Morgan fingerprint density at radius 3 is 2.48 bits per heavy atom. The molecule has 2 heterocycles. The van der Waals surface area contributed by atoms with Gasteiger partial charge in [-0.3, -0.25) is 0 Å². The third-order valence-corrected chi connectivity index (χ3v) is 4.01. The second-order valence-electron chi connectivity index (χ2n) is 5.17. The minimum absolute atomic E-state index is 0.0508. The smallest absolute Gasteiger partial charge is 0.368 e. The lowest BCUT2D eigenvalue weighted by molar-refractivity contribution is 0.464. The van der Waals surface area contributed by atoms with Crippen LogP contribution < -0.4 is 5.69 Å². The number of halogens is 1. The van der Waals surface area contributed by atoms with Crippen LogP contribution in [-0.4, -0.2) is 30.0 Å². The number of para-hydroxylation sites is 1. The molecule has 4 aromatic rings. The van der Waals surface area contributed by atoms with Crippen molar-refractivity contribution < 1.29 is 4.42 Å². The summed E-state index contributed by atoms with van der Waals surface area (Å²) in [6.07, 6.45) is 0. The van der Waals surface area contributed by atoms with E-state index in [-0.39, 0.29) is 18.1 Å². The van der Waals surface area contributed by atoms with Gasteiger partial charge in [0.05, 0.1) is 5.69 Å². The van der Waals surface area contributed by atoms with Crippen LogP contribution in [0.2, 0.25) is 0 Å². The highest BCUT2D eigenvalue weighted by Crippen LogP contribution is 2.20. The zero-order valence-electron chi connectivity index (χ0n) is 12.8. The van der Waals surface area contributed by atoms with Gasteiger partial charge in [0.1, 0.15) is 6.54 Å². The monoisotopic (exact) mass is 398 g/mol. The third kappa shape index (κ3) is 3.13.